The van der Waals surface area contributed by atoms with Crippen molar-refractivity contribution in [3.8, 4) is 0 Å². The first-order valence-corrected chi connectivity index (χ1v) is 12.7. The summed E-state index contributed by atoms with van der Waals surface area (Å²) >= 11 is 0. The SMILES string of the molecule is Fc1ccc(CNc2ncc3nc(C(CC(F)(F)F)[N-]c4ccccc4)n(CC4CCCNC4)c3n2)cc1F. The van der Waals surface area contributed by atoms with Gasteiger partial charge >= 0.3 is 6.18 Å². The first-order chi connectivity index (χ1) is 18.7. The second-order valence-corrected chi connectivity index (χ2v) is 9.60. The number of nitrogens with zero attached hydrogens (tertiary/aromatic N) is 5. The number of para-hydroxylation sites is 1. The summed E-state index contributed by atoms with van der Waals surface area (Å²) in [6.07, 6.45) is -2.33. The minimum atomic E-state index is -4.47. The fourth-order valence-corrected chi connectivity index (χ4v) is 4.73. The van der Waals surface area contributed by atoms with Crippen molar-refractivity contribution in [1.29, 1.82) is 0 Å². The van der Waals surface area contributed by atoms with Crippen molar-refractivity contribution in [2.24, 2.45) is 5.92 Å². The van der Waals surface area contributed by atoms with Crippen molar-refractivity contribution in [3.05, 3.63) is 83.1 Å². The molecule has 1 saturated heterocycles. The maximum absolute atomic E-state index is 13.7. The smallest absolute Gasteiger partial charge is 0.388 e. The largest absolute Gasteiger partial charge is 0.675 e. The monoisotopic (exact) mass is 544 g/mol. The van der Waals surface area contributed by atoms with Gasteiger partial charge in [0.25, 0.3) is 0 Å². The molecule has 0 aliphatic carbocycles. The van der Waals surface area contributed by atoms with Crippen molar-refractivity contribution in [2.75, 3.05) is 18.4 Å². The Labute approximate surface area is 221 Å². The molecule has 7 nitrogen and oxygen atoms in total. The van der Waals surface area contributed by atoms with Gasteiger partial charge in [-0.3, -0.25) is 0 Å². The zero-order chi connectivity index (χ0) is 27.4. The van der Waals surface area contributed by atoms with Gasteiger partial charge in [0.15, 0.2) is 17.3 Å². The van der Waals surface area contributed by atoms with E-state index in [9.17, 15) is 22.0 Å². The van der Waals surface area contributed by atoms with Crippen LogP contribution in [-0.4, -0.2) is 38.8 Å². The molecule has 0 saturated carbocycles. The molecule has 0 radical (unpaired) electrons. The third kappa shape index (κ3) is 6.80. The molecule has 206 valence electrons. The maximum Gasteiger partial charge on any atom is 0.388 e. The molecule has 1 fully saturated rings. The molecule has 2 aromatic heterocycles. The van der Waals surface area contributed by atoms with Crippen LogP contribution in [-0.2, 0) is 13.1 Å². The van der Waals surface area contributed by atoms with Gasteiger partial charge in [0.1, 0.15) is 5.52 Å². The van der Waals surface area contributed by atoms with Gasteiger partial charge in [-0.15, -0.1) is 5.69 Å². The molecule has 0 spiro atoms. The minimum absolute atomic E-state index is 0.121. The molecule has 3 heterocycles. The molecule has 1 aliphatic heterocycles. The van der Waals surface area contributed by atoms with Crippen molar-refractivity contribution < 1.29 is 22.0 Å². The van der Waals surface area contributed by atoms with Crippen LogP contribution in [0.5, 0.6) is 0 Å². The molecule has 2 N–H and O–H groups in total. The molecule has 2 unspecified atom stereocenters. The Bertz CT molecular complexity index is 1400. The number of imidazole rings is 1. The van der Waals surface area contributed by atoms with Crippen LogP contribution in [0.3, 0.4) is 0 Å². The summed E-state index contributed by atoms with van der Waals surface area (Å²) in [5.74, 6) is -1.38. The molecular weight excluding hydrogens is 517 g/mol. The molecule has 5 rings (SSSR count). The minimum Gasteiger partial charge on any atom is -0.675 e. The van der Waals surface area contributed by atoms with Gasteiger partial charge in [-0.25, -0.2) is 18.7 Å². The van der Waals surface area contributed by atoms with Gasteiger partial charge in [0.2, 0.25) is 5.95 Å². The number of nitrogens with one attached hydrogen (secondary N) is 2. The summed E-state index contributed by atoms with van der Waals surface area (Å²) < 4.78 is 69.8. The third-order valence-electron chi connectivity index (χ3n) is 6.58. The Hall–Kier alpha value is -3.80. The van der Waals surface area contributed by atoms with E-state index in [1.807, 2.05) is 0 Å². The standard InChI is InChI=1S/C27H27F5N7/c28-20-9-8-17(11-21(20)29)14-34-26-35-15-23-25(38-26)39(16-18-5-4-10-33-13-18)24(37-23)22(12-27(30,31)32)36-19-6-2-1-3-7-19/h1-3,6-9,11,15,18,22,33H,4-5,10,12-14,16H2,(H,34,35,38)/q-1. The lowest BCUT2D eigenvalue weighted by Crippen LogP contribution is -2.32. The van der Waals surface area contributed by atoms with Gasteiger partial charge in [0.05, 0.1) is 12.0 Å². The zero-order valence-electron chi connectivity index (χ0n) is 20.9. The number of hydrogen-bond donors (Lipinski definition) is 2. The van der Waals surface area contributed by atoms with Crippen LogP contribution >= 0.6 is 0 Å². The normalized spacial score (nSPS) is 16.8. The lowest BCUT2D eigenvalue weighted by Gasteiger charge is -2.34. The van der Waals surface area contributed by atoms with Crippen LogP contribution in [0.25, 0.3) is 16.5 Å². The van der Waals surface area contributed by atoms with E-state index in [4.69, 9.17) is 0 Å². The quantitative estimate of drug-likeness (QED) is 0.238. The highest BCUT2D eigenvalue weighted by molar-refractivity contribution is 5.72. The predicted octanol–water partition coefficient (Wildman–Crippen LogP) is 6.42. The first kappa shape index (κ1) is 26.8. The van der Waals surface area contributed by atoms with E-state index in [1.165, 1.54) is 12.3 Å². The number of aromatic nitrogens is 4. The van der Waals surface area contributed by atoms with Crippen molar-refractivity contribution in [2.45, 2.75) is 44.6 Å². The maximum atomic E-state index is 13.7. The summed E-state index contributed by atoms with van der Waals surface area (Å²) in [6.45, 7) is 2.16. The Morgan fingerprint density at radius 1 is 1.08 bits per heavy atom. The molecule has 0 bridgehead atoms. The molecule has 2 atom stereocenters. The van der Waals surface area contributed by atoms with Gasteiger partial charge in [-0.1, -0.05) is 36.4 Å². The van der Waals surface area contributed by atoms with Gasteiger partial charge in [-0.2, -0.15) is 18.2 Å². The fraction of sp³-hybridized carbons (Fsp3) is 0.370. The van der Waals surface area contributed by atoms with Crippen LogP contribution in [0.1, 0.15) is 36.7 Å². The average molecular weight is 545 g/mol. The molecule has 39 heavy (non-hydrogen) atoms. The molecule has 2 aromatic carbocycles. The fourth-order valence-electron chi connectivity index (χ4n) is 4.73. The lowest BCUT2D eigenvalue weighted by molar-refractivity contribution is -0.137. The Morgan fingerprint density at radius 2 is 1.90 bits per heavy atom. The summed E-state index contributed by atoms with van der Waals surface area (Å²) in [4.78, 5) is 13.4. The first-order valence-electron chi connectivity index (χ1n) is 12.7. The molecule has 4 aromatic rings. The second-order valence-electron chi connectivity index (χ2n) is 9.60. The number of hydrogen-bond acceptors (Lipinski definition) is 5. The molecular formula is C27H27F5N7-. The summed E-state index contributed by atoms with van der Waals surface area (Å²) in [5, 5.41) is 10.7. The number of alkyl halides is 3. The Balaban J connectivity index is 1.50. The average Bonchev–Trinajstić information content (AvgIpc) is 3.27. The van der Waals surface area contributed by atoms with Crippen LogP contribution in [0.2, 0.25) is 0 Å². The zero-order valence-corrected chi connectivity index (χ0v) is 20.9. The summed E-state index contributed by atoms with van der Waals surface area (Å²) in [6, 6.07) is 10.8. The molecule has 12 heteroatoms. The Morgan fingerprint density at radius 3 is 2.62 bits per heavy atom. The van der Waals surface area contributed by atoms with Gasteiger partial charge in [-0.05, 0) is 55.6 Å². The highest BCUT2D eigenvalue weighted by atomic mass is 19.4. The van der Waals surface area contributed by atoms with E-state index >= 15 is 0 Å². The number of anilines is 1. The Kier molecular flexibility index (Phi) is 7.92. The number of rotatable bonds is 9. The highest BCUT2D eigenvalue weighted by Crippen LogP contribution is 2.40. The van der Waals surface area contributed by atoms with E-state index < -0.39 is 30.3 Å². The third-order valence-corrected chi connectivity index (χ3v) is 6.58. The number of halogens is 5. The summed E-state index contributed by atoms with van der Waals surface area (Å²) in [7, 11) is 0. The van der Waals surface area contributed by atoms with Gasteiger partial charge in [0, 0.05) is 19.5 Å². The lowest BCUT2D eigenvalue weighted by atomic mass is 9.99. The number of fused-ring (bicyclic) bond motifs is 1. The van der Waals surface area contributed by atoms with Crippen molar-refractivity contribution in [1.82, 2.24) is 24.8 Å². The van der Waals surface area contributed by atoms with Gasteiger partial charge < -0.3 is 20.5 Å². The van der Waals surface area contributed by atoms with Crippen LogP contribution in [0.4, 0.5) is 33.6 Å². The van der Waals surface area contributed by atoms with Crippen LogP contribution < -0.4 is 10.6 Å². The van der Waals surface area contributed by atoms with Crippen molar-refractivity contribution >= 4 is 22.8 Å². The number of benzene rings is 2. The van der Waals surface area contributed by atoms with Crippen LogP contribution in [0.15, 0.2) is 54.7 Å². The van der Waals surface area contributed by atoms with E-state index in [-0.39, 0.29) is 24.2 Å². The predicted molar refractivity (Wildman–Crippen MR) is 137 cm³/mol. The van der Waals surface area contributed by atoms with E-state index in [0.717, 1.165) is 38.1 Å². The second kappa shape index (κ2) is 11.5. The van der Waals surface area contributed by atoms with E-state index in [1.54, 1.807) is 34.9 Å². The van der Waals surface area contributed by atoms with Crippen molar-refractivity contribution in [3.63, 3.8) is 0 Å². The van der Waals surface area contributed by atoms with E-state index in [0.29, 0.717) is 29.0 Å². The van der Waals surface area contributed by atoms with Crippen LogP contribution in [0, 0.1) is 17.6 Å². The molecule has 1 aliphatic rings. The summed E-state index contributed by atoms with van der Waals surface area (Å²) in [5.41, 5.74) is 1.63. The highest BCUT2D eigenvalue weighted by Gasteiger charge is 2.32. The van der Waals surface area contributed by atoms with E-state index in [2.05, 4.69) is 30.9 Å². The topological polar surface area (TPSA) is 81.8 Å². The molecule has 0 amide bonds. The number of piperidine rings is 1.